The number of amides is 2. The number of hydrogen-bond acceptors (Lipinski definition) is 3. The number of nitrogens with zero attached hydrogens (tertiary/aromatic N) is 1. The lowest BCUT2D eigenvalue weighted by molar-refractivity contribution is -0.116. The molecule has 0 spiro atoms. The van der Waals surface area contributed by atoms with E-state index in [1.165, 1.54) is 17.6 Å². The van der Waals surface area contributed by atoms with Crippen molar-refractivity contribution in [3.63, 3.8) is 0 Å². The molecule has 29 heavy (non-hydrogen) atoms. The van der Waals surface area contributed by atoms with Gasteiger partial charge in [-0.2, -0.15) is 0 Å². The molecule has 0 aliphatic heterocycles. The Morgan fingerprint density at radius 3 is 2.38 bits per heavy atom. The number of ketones is 1. The third-order valence-electron chi connectivity index (χ3n) is 4.19. The van der Waals surface area contributed by atoms with Gasteiger partial charge in [0.15, 0.2) is 11.6 Å². The summed E-state index contributed by atoms with van der Waals surface area (Å²) < 4.78 is 27.9. The Labute approximate surface area is 166 Å². The van der Waals surface area contributed by atoms with Gasteiger partial charge in [-0.05, 0) is 31.5 Å². The summed E-state index contributed by atoms with van der Waals surface area (Å²) in [6.45, 7) is 2.85. The quantitative estimate of drug-likeness (QED) is 0.446. The van der Waals surface area contributed by atoms with E-state index in [2.05, 4.69) is 22.5 Å². The van der Waals surface area contributed by atoms with Crippen molar-refractivity contribution in [2.75, 3.05) is 11.9 Å². The van der Waals surface area contributed by atoms with Gasteiger partial charge in [-0.1, -0.05) is 11.8 Å². The predicted molar refractivity (Wildman–Crippen MR) is 103 cm³/mol. The molecule has 8 heteroatoms. The van der Waals surface area contributed by atoms with Crippen molar-refractivity contribution in [2.24, 2.45) is 0 Å². The largest absolute Gasteiger partial charge is 0.338 e. The molecule has 2 amide bonds. The smallest absolute Gasteiger partial charge is 0.293 e. The molecule has 0 saturated heterocycles. The number of carbonyl (C=O) groups is 3. The van der Waals surface area contributed by atoms with Crippen molar-refractivity contribution in [1.82, 2.24) is 9.88 Å². The number of benzene rings is 1. The van der Waals surface area contributed by atoms with Gasteiger partial charge in [-0.25, -0.2) is 8.78 Å². The Morgan fingerprint density at radius 2 is 1.79 bits per heavy atom. The molecule has 0 radical (unpaired) electrons. The molecule has 6 nitrogen and oxygen atoms in total. The van der Waals surface area contributed by atoms with E-state index in [-0.39, 0.29) is 35.6 Å². The molecule has 0 unspecified atom stereocenters. The number of hydrogen-bond donors (Lipinski definition) is 2. The van der Waals surface area contributed by atoms with Crippen LogP contribution in [0.15, 0.2) is 18.2 Å². The predicted octanol–water partition coefficient (Wildman–Crippen LogP) is 2.20. The van der Waals surface area contributed by atoms with E-state index in [9.17, 15) is 23.2 Å². The summed E-state index contributed by atoms with van der Waals surface area (Å²) in [6.07, 6.45) is 10.4. The van der Waals surface area contributed by atoms with Gasteiger partial charge >= 0.3 is 0 Å². The number of terminal acetylenes is 2. The van der Waals surface area contributed by atoms with E-state index in [0.717, 1.165) is 12.1 Å². The summed E-state index contributed by atoms with van der Waals surface area (Å²) in [5.41, 5.74) is 0.595. The van der Waals surface area contributed by atoms with E-state index < -0.39 is 29.2 Å². The van der Waals surface area contributed by atoms with Crippen molar-refractivity contribution in [1.29, 1.82) is 0 Å². The van der Waals surface area contributed by atoms with Gasteiger partial charge in [0.1, 0.15) is 5.69 Å². The zero-order valence-corrected chi connectivity index (χ0v) is 15.7. The Bertz CT molecular complexity index is 1090. The second-order valence-electron chi connectivity index (χ2n) is 6.02. The second-order valence-corrected chi connectivity index (χ2v) is 6.02. The number of halogens is 2. The second kappa shape index (κ2) is 8.85. The third kappa shape index (κ3) is 4.33. The van der Waals surface area contributed by atoms with Crippen molar-refractivity contribution in [3.8, 4) is 24.7 Å². The first-order valence-corrected chi connectivity index (χ1v) is 8.38. The molecule has 0 atom stereocenters. The lowest BCUT2D eigenvalue weighted by Gasteiger charge is -2.10. The van der Waals surface area contributed by atoms with E-state index >= 15 is 0 Å². The van der Waals surface area contributed by atoms with Crippen LogP contribution in [0.3, 0.4) is 0 Å². The van der Waals surface area contributed by atoms with Crippen LogP contribution in [-0.4, -0.2) is 28.7 Å². The molecule has 1 aromatic carbocycles. The van der Waals surface area contributed by atoms with Crippen LogP contribution in [0.4, 0.5) is 14.5 Å². The van der Waals surface area contributed by atoms with Gasteiger partial charge < -0.3 is 15.2 Å². The maximum absolute atomic E-state index is 13.4. The molecule has 0 aliphatic carbocycles. The maximum atomic E-state index is 13.4. The number of anilines is 1. The average Bonchev–Trinajstić information content (AvgIpc) is 2.92. The number of aromatic nitrogens is 1. The first-order valence-electron chi connectivity index (χ1n) is 8.38. The molecule has 0 aliphatic rings. The fourth-order valence-corrected chi connectivity index (χ4v) is 2.90. The van der Waals surface area contributed by atoms with Gasteiger partial charge in [-0.3, -0.25) is 14.4 Å². The third-order valence-corrected chi connectivity index (χ3v) is 4.19. The Morgan fingerprint density at radius 1 is 1.10 bits per heavy atom. The van der Waals surface area contributed by atoms with Gasteiger partial charge in [0.25, 0.3) is 17.6 Å². The summed E-state index contributed by atoms with van der Waals surface area (Å²) in [7, 11) is 0. The first-order chi connectivity index (χ1) is 13.7. The number of Topliss-reactive ketones (excluding diaryl/α,β-unsaturated/α-hetero) is 1. The zero-order chi connectivity index (χ0) is 21.7. The fraction of sp³-hybridized carbons (Fsp3) is 0.190. The molecular weight excluding hydrogens is 380 g/mol. The van der Waals surface area contributed by atoms with Crippen molar-refractivity contribution >= 4 is 23.3 Å². The van der Waals surface area contributed by atoms with E-state index in [1.54, 1.807) is 6.92 Å². The molecule has 0 bridgehead atoms. The highest BCUT2D eigenvalue weighted by atomic mass is 19.2. The average molecular weight is 397 g/mol. The van der Waals surface area contributed by atoms with Crippen LogP contribution in [0.5, 0.6) is 0 Å². The SMILES string of the molecule is C#CCNC(=O)C(=O)c1c(C)c(C(=O)Nc2ccc(F)c(F)c2)n(CC#C)c1C. The standard InChI is InChI=1S/C21H17F2N3O3/c1-5-9-24-21(29)19(27)17-12(3)18(26(10-6-2)13(17)4)20(28)25-14-7-8-15(22)16(23)11-14/h1-2,7-8,11H,9-10H2,3-4H3,(H,24,29)(H,25,28). The Kier molecular flexibility index (Phi) is 6.53. The monoisotopic (exact) mass is 397 g/mol. The molecule has 1 heterocycles. The molecule has 0 saturated carbocycles. The van der Waals surface area contributed by atoms with E-state index in [4.69, 9.17) is 12.8 Å². The van der Waals surface area contributed by atoms with Crippen LogP contribution < -0.4 is 10.6 Å². The summed E-state index contributed by atoms with van der Waals surface area (Å²) >= 11 is 0. The minimum absolute atomic E-state index is 0.0130. The highest BCUT2D eigenvalue weighted by Crippen LogP contribution is 2.24. The highest BCUT2D eigenvalue weighted by molar-refractivity contribution is 6.43. The van der Waals surface area contributed by atoms with Crippen molar-refractivity contribution in [3.05, 3.63) is 52.3 Å². The van der Waals surface area contributed by atoms with Crippen LogP contribution in [0.1, 0.15) is 32.1 Å². The summed E-state index contributed by atoms with van der Waals surface area (Å²) in [5.74, 6) is -0.105. The maximum Gasteiger partial charge on any atom is 0.293 e. The van der Waals surface area contributed by atoms with Crippen LogP contribution in [0.2, 0.25) is 0 Å². The normalized spacial score (nSPS) is 10.0. The van der Waals surface area contributed by atoms with Crippen LogP contribution >= 0.6 is 0 Å². The van der Waals surface area contributed by atoms with E-state index in [1.807, 2.05) is 0 Å². The van der Waals surface area contributed by atoms with Gasteiger partial charge in [0.05, 0.1) is 18.7 Å². The lowest BCUT2D eigenvalue weighted by atomic mass is 10.0. The van der Waals surface area contributed by atoms with Gasteiger partial charge in [0.2, 0.25) is 0 Å². The molecule has 2 aromatic rings. The molecular formula is C21H17F2N3O3. The zero-order valence-electron chi connectivity index (χ0n) is 15.7. The Hall–Kier alpha value is -3.91. The molecule has 148 valence electrons. The van der Waals surface area contributed by atoms with Crippen molar-refractivity contribution in [2.45, 2.75) is 20.4 Å². The van der Waals surface area contributed by atoms with E-state index in [0.29, 0.717) is 5.69 Å². The highest BCUT2D eigenvalue weighted by Gasteiger charge is 2.29. The Balaban J connectivity index is 2.48. The summed E-state index contributed by atoms with van der Waals surface area (Å²) in [4.78, 5) is 37.4. The van der Waals surface area contributed by atoms with Crippen molar-refractivity contribution < 1.29 is 23.2 Å². The number of carbonyl (C=O) groups excluding carboxylic acids is 3. The first kappa shape index (κ1) is 21.4. The number of rotatable bonds is 6. The molecule has 1 aromatic heterocycles. The van der Waals surface area contributed by atoms with Crippen LogP contribution in [-0.2, 0) is 11.3 Å². The topological polar surface area (TPSA) is 80.2 Å². The molecule has 2 rings (SSSR count). The summed E-state index contributed by atoms with van der Waals surface area (Å²) in [5, 5.41) is 4.71. The minimum atomic E-state index is -1.13. The van der Waals surface area contributed by atoms with Gasteiger partial charge in [0, 0.05) is 17.4 Å². The van der Waals surface area contributed by atoms with Gasteiger partial charge in [-0.15, -0.1) is 12.8 Å². The summed E-state index contributed by atoms with van der Waals surface area (Å²) in [6, 6.07) is 2.88. The van der Waals surface area contributed by atoms with Crippen LogP contribution in [0, 0.1) is 50.2 Å². The minimum Gasteiger partial charge on any atom is -0.338 e. The molecule has 2 N–H and O–H groups in total. The van der Waals surface area contributed by atoms with Crippen LogP contribution in [0.25, 0.3) is 0 Å². The number of nitrogens with one attached hydrogen (secondary N) is 2. The fourth-order valence-electron chi connectivity index (χ4n) is 2.90. The molecule has 0 fully saturated rings. The lowest BCUT2D eigenvalue weighted by Crippen LogP contribution is -2.31.